The minimum Gasteiger partial charge on any atom is -0.492 e. The minimum absolute atomic E-state index is 0.0307. The first-order chi connectivity index (χ1) is 15.0. The summed E-state index contributed by atoms with van der Waals surface area (Å²) < 4.78 is 33.5. The fourth-order valence-corrected chi connectivity index (χ4v) is 5.16. The van der Waals surface area contributed by atoms with Crippen LogP contribution in [0.25, 0.3) is 5.78 Å². The summed E-state index contributed by atoms with van der Waals surface area (Å²) in [4.78, 5) is 21.2. The monoisotopic (exact) mass is 433 g/mol. The van der Waals surface area contributed by atoms with Crippen LogP contribution in [0.2, 0.25) is 0 Å². The van der Waals surface area contributed by atoms with Crippen LogP contribution in [0.15, 0.2) is 77.0 Å². The van der Waals surface area contributed by atoms with Crippen LogP contribution in [0.5, 0.6) is 5.75 Å². The predicted molar refractivity (Wildman–Crippen MR) is 113 cm³/mol. The average Bonchev–Trinajstić information content (AvgIpc) is 3.46. The van der Waals surface area contributed by atoms with Crippen molar-refractivity contribution in [3.63, 3.8) is 0 Å². The Hall–Kier alpha value is -3.52. The van der Waals surface area contributed by atoms with Gasteiger partial charge >= 0.3 is 0 Å². The Morgan fingerprint density at radius 1 is 1.10 bits per heavy atom. The first kappa shape index (κ1) is 19.4. The van der Waals surface area contributed by atoms with E-state index in [2.05, 4.69) is 9.97 Å². The fourth-order valence-electron chi connectivity index (χ4n) is 3.72. The molecule has 0 N–H and O–H groups in total. The molecule has 0 saturated heterocycles. The first-order valence-corrected chi connectivity index (χ1v) is 11.4. The van der Waals surface area contributed by atoms with Crippen LogP contribution < -0.4 is 4.74 Å². The molecule has 0 bridgehead atoms. The van der Waals surface area contributed by atoms with Gasteiger partial charge in [0.25, 0.3) is 0 Å². The number of para-hydroxylation sites is 1. The van der Waals surface area contributed by atoms with E-state index in [1.165, 1.54) is 6.20 Å². The van der Waals surface area contributed by atoms with Gasteiger partial charge in [0.05, 0.1) is 17.1 Å². The third-order valence-electron chi connectivity index (χ3n) is 5.41. The lowest BCUT2D eigenvalue weighted by Gasteiger charge is -2.10. The summed E-state index contributed by atoms with van der Waals surface area (Å²) >= 11 is 0. The summed E-state index contributed by atoms with van der Waals surface area (Å²) in [6.07, 6.45) is 8.13. The Balaban J connectivity index is 1.31. The number of aromatic nitrogens is 3. The van der Waals surface area contributed by atoms with Gasteiger partial charge in [-0.05, 0) is 35.7 Å². The molecule has 0 unspecified atom stereocenters. The summed E-state index contributed by atoms with van der Waals surface area (Å²) in [5, 5.41) is 0. The molecule has 0 atom stereocenters. The number of nitrogens with zero attached hydrogens (tertiary/aromatic N) is 3. The summed E-state index contributed by atoms with van der Waals surface area (Å²) in [6, 6.07) is 11.9. The molecule has 31 heavy (non-hydrogen) atoms. The number of ketones is 1. The second kappa shape index (κ2) is 7.63. The number of rotatable bonds is 6. The van der Waals surface area contributed by atoms with Gasteiger partial charge in [0.2, 0.25) is 15.6 Å². The molecular formula is C23H19N3O4S. The maximum atomic E-state index is 13.1. The highest BCUT2D eigenvalue weighted by Crippen LogP contribution is 2.35. The molecule has 0 saturated carbocycles. The average molecular weight is 433 g/mol. The van der Waals surface area contributed by atoms with Gasteiger partial charge in [0, 0.05) is 37.6 Å². The van der Waals surface area contributed by atoms with E-state index in [0.717, 1.165) is 17.5 Å². The zero-order valence-electron chi connectivity index (χ0n) is 16.6. The minimum atomic E-state index is -3.68. The molecule has 3 heterocycles. The molecule has 7 nitrogen and oxygen atoms in total. The predicted octanol–water partition coefficient (Wildman–Crippen LogP) is 3.31. The highest BCUT2D eigenvalue weighted by Gasteiger charge is 2.26. The molecule has 1 aliphatic rings. The zero-order valence-corrected chi connectivity index (χ0v) is 17.4. The third-order valence-corrected chi connectivity index (χ3v) is 7.20. The molecule has 0 amide bonds. The van der Waals surface area contributed by atoms with E-state index in [9.17, 15) is 13.2 Å². The number of aryl methyl sites for hydroxylation is 1. The molecule has 1 aliphatic heterocycles. The van der Waals surface area contributed by atoms with Gasteiger partial charge in [-0.25, -0.2) is 18.4 Å². The van der Waals surface area contributed by atoms with E-state index in [1.54, 1.807) is 59.4 Å². The van der Waals surface area contributed by atoms with Gasteiger partial charge in [0.15, 0.2) is 5.78 Å². The maximum Gasteiger partial charge on any atom is 0.233 e. The summed E-state index contributed by atoms with van der Waals surface area (Å²) in [7, 11) is -3.68. The van der Waals surface area contributed by atoms with Crippen molar-refractivity contribution in [2.24, 2.45) is 0 Å². The highest BCUT2D eigenvalue weighted by molar-refractivity contribution is 7.91. The standard InChI is InChI=1S/C23H19N3O4S/c27-20(18-14-25-23-24-11-12-26(23)15-18)9-6-16-4-7-19(8-5-16)31(28,29)21-3-1-2-17-10-13-30-22(17)21/h1-5,7-8,11-12,14-15H,6,9-10,13H2. The molecule has 8 heteroatoms. The fraction of sp³-hybridized carbons (Fsp3) is 0.174. The molecule has 4 aromatic rings. The van der Waals surface area contributed by atoms with Crippen LogP contribution in [0.4, 0.5) is 0 Å². The summed E-state index contributed by atoms with van der Waals surface area (Å²) in [5.74, 6) is 0.972. The second-order valence-electron chi connectivity index (χ2n) is 7.39. The number of hydrogen-bond donors (Lipinski definition) is 0. The van der Waals surface area contributed by atoms with E-state index in [1.807, 2.05) is 6.07 Å². The molecular weight excluding hydrogens is 414 g/mol. The van der Waals surface area contributed by atoms with E-state index < -0.39 is 9.84 Å². The highest BCUT2D eigenvalue weighted by atomic mass is 32.2. The van der Waals surface area contributed by atoms with Crippen molar-refractivity contribution in [1.82, 2.24) is 14.4 Å². The zero-order chi connectivity index (χ0) is 21.4. The molecule has 0 aliphatic carbocycles. The van der Waals surface area contributed by atoms with Gasteiger partial charge < -0.3 is 4.74 Å². The molecule has 156 valence electrons. The quantitative estimate of drug-likeness (QED) is 0.433. The largest absolute Gasteiger partial charge is 0.492 e. The molecule has 0 spiro atoms. The Bertz CT molecular complexity index is 1390. The van der Waals surface area contributed by atoms with Crippen molar-refractivity contribution < 1.29 is 17.9 Å². The number of Topliss-reactive ketones (excluding diaryl/α,β-unsaturated/α-hetero) is 1. The van der Waals surface area contributed by atoms with Gasteiger partial charge in [-0.3, -0.25) is 9.20 Å². The first-order valence-electron chi connectivity index (χ1n) is 9.93. The van der Waals surface area contributed by atoms with E-state index >= 15 is 0 Å². The normalized spacial score (nSPS) is 13.2. The van der Waals surface area contributed by atoms with Crippen LogP contribution in [-0.2, 0) is 22.7 Å². The van der Waals surface area contributed by atoms with Gasteiger partial charge in [-0.1, -0.05) is 24.3 Å². The number of carbonyl (C=O) groups is 1. The molecule has 2 aromatic heterocycles. The van der Waals surface area contributed by atoms with E-state index in [0.29, 0.717) is 36.5 Å². The molecule has 0 fully saturated rings. The number of carbonyl (C=O) groups excluding carboxylic acids is 1. The SMILES string of the molecule is O=C(CCc1ccc(S(=O)(=O)c2cccc3c2OCC3)cc1)c1cnc2nccn2c1. The molecule has 0 radical (unpaired) electrons. The Morgan fingerprint density at radius 3 is 2.77 bits per heavy atom. The van der Waals surface area contributed by atoms with Crippen molar-refractivity contribution >= 4 is 21.4 Å². The summed E-state index contributed by atoms with van der Waals surface area (Å²) in [6.45, 7) is 0.498. The van der Waals surface area contributed by atoms with Gasteiger partial charge in [-0.15, -0.1) is 0 Å². The summed E-state index contributed by atoms with van der Waals surface area (Å²) in [5.41, 5.74) is 2.32. The number of fused-ring (bicyclic) bond motifs is 2. The Labute approximate surface area is 179 Å². The van der Waals surface area contributed by atoms with Crippen molar-refractivity contribution in [3.05, 3.63) is 83.9 Å². The van der Waals surface area contributed by atoms with Crippen molar-refractivity contribution in [1.29, 1.82) is 0 Å². The molecule has 5 rings (SSSR count). The van der Waals surface area contributed by atoms with Crippen LogP contribution in [0, 0.1) is 0 Å². The van der Waals surface area contributed by atoms with Crippen LogP contribution in [-0.4, -0.2) is 35.2 Å². The Kier molecular flexibility index (Phi) is 4.78. The van der Waals surface area contributed by atoms with E-state index in [4.69, 9.17) is 4.74 Å². The lowest BCUT2D eigenvalue weighted by atomic mass is 10.0. The van der Waals surface area contributed by atoms with E-state index in [-0.39, 0.29) is 15.6 Å². The second-order valence-corrected chi connectivity index (χ2v) is 9.31. The van der Waals surface area contributed by atoms with Crippen LogP contribution in [0.3, 0.4) is 0 Å². The smallest absolute Gasteiger partial charge is 0.233 e. The lowest BCUT2D eigenvalue weighted by molar-refractivity contribution is 0.0982. The van der Waals surface area contributed by atoms with Gasteiger partial charge in [-0.2, -0.15) is 0 Å². The number of imidazole rings is 1. The van der Waals surface area contributed by atoms with Gasteiger partial charge in [0.1, 0.15) is 10.6 Å². The van der Waals surface area contributed by atoms with Crippen LogP contribution >= 0.6 is 0 Å². The number of ether oxygens (including phenoxy) is 1. The molecule has 2 aromatic carbocycles. The number of hydrogen-bond acceptors (Lipinski definition) is 6. The van der Waals surface area contributed by atoms with Crippen molar-refractivity contribution in [2.75, 3.05) is 6.61 Å². The number of sulfone groups is 1. The maximum absolute atomic E-state index is 13.1. The third kappa shape index (κ3) is 3.59. The van der Waals surface area contributed by atoms with Crippen LogP contribution in [0.1, 0.15) is 27.9 Å². The van der Waals surface area contributed by atoms with Crippen molar-refractivity contribution in [2.45, 2.75) is 29.1 Å². The number of benzene rings is 2. The topological polar surface area (TPSA) is 90.6 Å². The Morgan fingerprint density at radius 2 is 1.94 bits per heavy atom. The lowest BCUT2D eigenvalue weighted by Crippen LogP contribution is -2.05. The van der Waals surface area contributed by atoms with Crippen molar-refractivity contribution in [3.8, 4) is 5.75 Å².